The van der Waals surface area contributed by atoms with Crippen LogP contribution >= 0.6 is 0 Å². The van der Waals surface area contributed by atoms with Crippen molar-refractivity contribution < 1.29 is 8.78 Å². The fourth-order valence-electron chi connectivity index (χ4n) is 1.84. The molecule has 96 valence electrons. The van der Waals surface area contributed by atoms with E-state index in [0.717, 1.165) is 19.0 Å². The van der Waals surface area contributed by atoms with Crippen LogP contribution in [0.4, 0.5) is 8.78 Å². The van der Waals surface area contributed by atoms with Crippen LogP contribution < -0.4 is 5.32 Å². The van der Waals surface area contributed by atoms with Crippen LogP contribution in [0, 0.1) is 11.6 Å². The Balaban J connectivity index is 2.33. The van der Waals surface area contributed by atoms with Crippen LogP contribution in [0.2, 0.25) is 0 Å². The van der Waals surface area contributed by atoms with E-state index in [1.54, 1.807) is 12.4 Å². The number of nitrogens with one attached hydrogen (secondary N) is 2. The Morgan fingerprint density at radius 3 is 2.56 bits per heavy atom. The van der Waals surface area contributed by atoms with E-state index in [-0.39, 0.29) is 6.04 Å². The van der Waals surface area contributed by atoms with E-state index in [1.807, 2.05) is 6.92 Å². The number of aromatic nitrogens is 2. The van der Waals surface area contributed by atoms with Crippen molar-refractivity contribution in [3.05, 3.63) is 53.6 Å². The minimum absolute atomic E-state index is 0.329. The molecular weight excluding hydrogens is 236 g/mol. The summed E-state index contributed by atoms with van der Waals surface area (Å²) < 4.78 is 26.5. The zero-order valence-electron chi connectivity index (χ0n) is 10.1. The van der Waals surface area contributed by atoms with Gasteiger partial charge in [-0.3, -0.25) is 0 Å². The average molecular weight is 251 g/mol. The summed E-state index contributed by atoms with van der Waals surface area (Å²) in [7, 11) is 0. The predicted octanol–water partition coefficient (Wildman–Crippen LogP) is 2.78. The largest absolute Gasteiger partial charge is 0.347 e. The van der Waals surface area contributed by atoms with E-state index in [0.29, 0.717) is 11.4 Å². The molecule has 0 bridgehead atoms. The predicted molar refractivity (Wildman–Crippen MR) is 65.1 cm³/mol. The summed E-state index contributed by atoms with van der Waals surface area (Å²) in [5.41, 5.74) is 0.524. The van der Waals surface area contributed by atoms with Gasteiger partial charge in [-0.05, 0) is 30.7 Å². The Bertz CT molecular complexity index is 477. The Kier molecular flexibility index (Phi) is 4.04. The zero-order valence-corrected chi connectivity index (χ0v) is 10.1. The standard InChI is InChI=1S/C13H15F2N3/c1-2-3-16-12(13-17-4-5-18-13)9-6-10(14)8-11(15)7-9/h4-8,12,16H,2-3H2,1H3,(H,17,18). The Morgan fingerprint density at radius 2 is 2.00 bits per heavy atom. The molecule has 2 rings (SSSR count). The van der Waals surface area contributed by atoms with Crippen LogP contribution in [0.1, 0.15) is 30.8 Å². The number of H-pyrrole nitrogens is 1. The number of hydrogen-bond acceptors (Lipinski definition) is 2. The topological polar surface area (TPSA) is 40.7 Å². The molecule has 1 aromatic heterocycles. The van der Waals surface area contributed by atoms with Crippen LogP contribution in [-0.2, 0) is 0 Å². The van der Waals surface area contributed by atoms with E-state index in [9.17, 15) is 8.78 Å². The highest BCUT2D eigenvalue weighted by Gasteiger charge is 2.17. The molecule has 0 amide bonds. The second kappa shape index (κ2) is 5.73. The smallest absolute Gasteiger partial charge is 0.127 e. The number of aromatic amines is 1. The fourth-order valence-corrected chi connectivity index (χ4v) is 1.84. The van der Waals surface area contributed by atoms with Crippen molar-refractivity contribution in [1.82, 2.24) is 15.3 Å². The number of rotatable bonds is 5. The molecule has 0 fully saturated rings. The Labute approximate surface area is 104 Å². The highest BCUT2D eigenvalue weighted by atomic mass is 19.1. The Hall–Kier alpha value is -1.75. The van der Waals surface area contributed by atoms with E-state index in [1.165, 1.54) is 12.1 Å². The van der Waals surface area contributed by atoms with E-state index in [4.69, 9.17) is 0 Å². The summed E-state index contributed by atoms with van der Waals surface area (Å²) in [6, 6.07) is 3.17. The monoisotopic (exact) mass is 251 g/mol. The van der Waals surface area contributed by atoms with Gasteiger partial charge in [0.25, 0.3) is 0 Å². The van der Waals surface area contributed by atoms with Gasteiger partial charge in [-0.15, -0.1) is 0 Å². The first-order valence-electron chi connectivity index (χ1n) is 5.89. The summed E-state index contributed by atoms with van der Waals surface area (Å²) in [5, 5.41) is 3.22. The molecule has 1 aromatic carbocycles. The highest BCUT2D eigenvalue weighted by molar-refractivity contribution is 5.26. The lowest BCUT2D eigenvalue weighted by Gasteiger charge is -2.17. The molecule has 18 heavy (non-hydrogen) atoms. The summed E-state index contributed by atoms with van der Waals surface area (Å²) in [5.74, 6) is -0.520. The molecule has 1 unspecified atom stereocenters. The zero-order chi connectivity index (χ0) is 13.0. The molecule has 0 aliphatic rings. The Morgan fingerprint density at radius 1 is 1.28 bits per heavy atom. The summed E-state index contributed by atoms with van der Waals surface area (Å²) in [6.07, 6.45) is 4.23. The molecule has 0 radical (unpaired) electrons. The number of hydrogen-bond donors (Lipinski definition) is 2. The minimum atomic E-state index is -0.583. The van der Waals surface area contributed by atoms with Gasteiger partial charge in [-0.25, -0.2) is 13.8 Å². The number of benzene rings is 1. The molecule has 0 aliphatic heterocycles. The van der Waals surface area contributed by atoms with E-state index in [2.05, 4.69) is 15.3 Å². The van der Waals surface area contributed by atoms with Gasteiger partial charge in [-0.1, -0.05) is 6.92 Å². The van der Waals surface area contributed by atoms with E-state index >= 15 is 0 Å². The second-order valence-electron chi connectivity index (χ2n) is 4.06. The number of imidazole rings is 1. The third kappa shape index (κ3) is 2.92. The van der Waals surface area contributed by atoms with Crippen molar-refractivity contribution in [3.8, 4) is 0 Å². The van der Waals surface area contributed by atoms with Gasteiger partial charge in [0.1, 0.15) is 17.5 Å². The first-order valence-corrected chi connectivity index (χ1v) is 5.89. The first kappa shape index (κ1) is 12.7. The van der Waals surface area contributed by atoms with Gasteiger partial charge in [0.15, 0.2) is 0 Å². The van der Waals surface area contributed by atoms with Crippen LogP contribution in [-0.4, -0.2) is 16.5 Å². The molecule has 3 nitrogen and oxygen atoms in total. The molecule has 0 saturated heterocycles. The van der Waals surface area contributed by atoms with Gasteiger partial charge in [0.05, 0.1) is 6.04 Å². The lowest BCUT2D eigenvalue weighted by molar-refractivity contribution is 0.548. The minimum Gasteiger partial charge on any atom is -0.347 e. The quantitative estimate of drug-likeness (QED) is 0.857. The van der Waals surface area contributed by atoms with Gasteiger partial charge in [-0.2, -0.15) is 0 Å². The first-order chi connectivity index (χ1) is 8.70. The van der Waals surface area contributed by atoms with Crippen LogP contribution in [0.3, 0.4) is 0 Å². The van der Waals surface area contributed by atoms with Crippen LogP contribution in [0.25, 0.3) is 0 Å². The number of nitrogens with zero attached hydrogens (tertiary/aromatic N) is 1. The van der Waals surface area contributed by atoms with Crippen molar-refractivity contribution in [2.45, 2.75) is 19.4 Å². The van der Waals surface area contributed by atoms with E-state index < -0.39 is 11.6 Å². The molecule has 2 N–H and O–H groups in total. The molecule has 1 atom stereocenters. The maximum absolute atomic E-state index is 13.3. The molecule has 0 spiro atoms. The van der Waals surface area contributed by atoms with Crippen molar-refractivity contribution in [1.29, 1.82) is 0 Å². The summed E-state index contributed by atoms with van der Waals surface area (Å²) >= 11 is 0. The van der Waals surface area contributed by atoms with Crippen molar-refractivity contribution in [2.75, 3.05) is 6.54 Å². The molecule has 0 aliphatic carbocycles. The maximum atomic E-state index is 13.3. The molecular formula is C13H15F2N3. The van der Waals surface area contributed by atoms with Gasteiger partial charge in [0.2, 0.25) is 0 Å². The highest BCUT2D eigenvalue weighted by Crippen LogP contribution is 2.21. The normalized spacial score (nSPS) is 12.6. The van der Waals surface area contributed by atoms with Gasteiger partial charge in [0, 0.05) is 18.5 Å². The van der Waals surface area contributed by atoms with Gasteiger partial charge >= 0.3 is 0 Å². The fraction of sp³-hybridized carbons (Fsp3) is 0.308. The maximum Gasteiger partial charge on any atom is 0.127 e. The molecule has 2 aromatic rings. The van der Waals surface area contributed by atoms with Crippen LogP contribution in [0.5, 0.6) is 0 Å². The number of halogens is 2. The SMILES string of the molecule is CCCNC(c1cc(F)cc(F)c1)c1ncc[nH]1. The van der Waals surface area contributed by atoms with Crippen molar-refractivity contribution in [2.24, 2.45) is 0 Å². The lowest BCUT2D eigenvalue weighted by atomic mass is 10.1. The van der Waals surface area contributed by atoms with Crippen LogP contribution in [0.15, 0.2) is 30.6 Å². The third-order valence-electron chi connectivity index (χ3n) is 2.61. The van der Waals surface area contributed by atoms with Gasteiger partial charge < -0.3 is 10.3 Å². The summed E-state index contributed by atoms with van der Waals surface area (Å²) in [4.78, 5) is 7.11. The third-order valence-corrected chi connectivity index (χ3v) is 2.61. The second-order valence-corrected chi connectivity index (χ2v) is 4.06. The molecule has 5 heteroatoms. The molecule has 0 saturated carbocycles. The summed E-state index contributed by atoms with van der Waals surface area (Å²) in [6.45, 7) is 2.77. The van der Waals surface area contributed by atoms with Crippen molar-refractivity contribution in [3.63, 3.8) is 0 Å². The molecule has 1 heterocycles. The average Bonchev–Trinajstić information content (AvgIpc) is 2.82. The van der Waals surface area contributed by atoms with Crippen molar-refractivity contribution >= 4 is 0 Å². The lowest BCUT2D eigenvalue weighted by Crippen LogP contribution is -2.24.